The molecule has 2 amide bonds. The van der Waals surface area contributed by atoms with Crippen LogP contribution in [0.1, 0.15) is 22.3 Å². The Kier molecular flexibility index (Phi) is 5.11. The zero-order valence-corrected chi connectivity index (χ0v) is 15.5. The first-order valence-electron chi connectivity index (χ1n) is 7.84. The number of nitrogens with one attached hydrogen (secondary N) is 1. The molecule has 0 spiro atoms. The van der Waals surface area contributed by atoms with Gasteiger partial charge in [-0.2, -0.15) is 13.2 Å². The molecule has 2 aromatic carbocycles. The second-order valence-corrected chi connectivity index (χ2v) is 8.11. The Balaban J connectivity index is 1.72. The van der Waals surface area contributed by atoms with Crippen LogP contribution in [0.5, 0.6) is 0 Å². The van der Waals surface area contributed by atoms with Crippen molar-refractivity contribution in [2.45, 2.75) is 17.5 Å². The first kappa shape index (κ1) is 20.2. The van der Waals surface area contributed by atoms with Crippen LogP contribution in [0.3, 0.4) is 0 Å². The quantitative estimate of drug-likeness (QED) is 0.801. The molecule has 148 valence electrons. The van der Waals surface area contributed by atoms with Crippen LogP contribution in [0.15, 0.2) is 47.4 Å². The van der Waals surface area contributed by atoms with Gasteiger partial charge in [0, 0.05) is 13.0 Å². The van der Waals surface area contributed by atoms with Crippen LogP contribution in [0.25, 0.3) is 0 Å². The van der Waals surface area contributed by atoms with Gasteiger partial charge >= 0.3 is 6.18 Å². The number of halogens is 4. The SMILES string of the molecule is O=C(CCN1C(=O)c2ccccc2S1(=O)=O)Nc1cc(C(F)(F)F)ccc1Cl. The summed E-state index contributed by atoms with van der Waals surface area (Å²) in [5.41, 5.74) is -1.26. The highest BCUT2D eigenvalue weighted by Gasteiger charge is 2.40. The molecular weight excluding hydrogens is 421 g/mol. The van der Waals surface area contributed by atoms with E-state index in [1.165, 1.54) is 24.3 Å². The van der Waals surface area contributed by atoms with Gasteiger partial charge < -0.3 is 5.32 Å². The first-order valence-corrected chi connectivity index (χ1v) is 9.66. The second-order valence-electron chi connectivity index (χ2n) is 5.87. The lowest BCUT2D eigenvalue weighted by Crippen LogP contribution is -2.33. The van der Waals surface area contributed by atoms with Crippen LogP contribution < -0.4 is 5.32 Å². The van der Waals surface area contributed by atoms with Gasteiger partial charge in [0.1, 0.15) is 4.90 Å². The van der Waals surface area contributed by atoms with E-state index in [-0.39, 0.29) is 21.2 Å². The molecule has 2 aromatic rings. The summed E-state index contributed by atoms with van der Waals surface area (Å²) in [6.07, 6.45) is -5.07. The smallest absolute Gasteiger partial charge is 0.325 e. The highest BCUT2D eigenvalue weighted by Crippen LogP contribution is 2.34. The molecule has 0 unspecified atom stereocenters. The molecule has 28 heavy (non-hydrogen) atoms. The van der Waals surface area contributed by atoms with Crippen molar-refractivity contribution in [2.75, 3.05) is 11.9 Å². The number of alkyl halides is 3. The lowest BCUT2D eigenvalue weighted by Gasteiger charge is -2.15. The number of hydrogen-bond acceptors (Lipinski definition) is 4. The molecule has 0 bridgehead atoms. The number of fused-ring (bicyclic) bond motifs is 1. The fourth-order valence-electron chi connectivity index (χ4n) is 2.67. The van der Waals surface area contributed by atoms with Crippen LogP contribution >= 0.6 is 11.6 Å². The van der Waals surface area contributed by atoms with Crippen molar-refractivity contribution >= 4 is 39.1 Å². The molecule has 0 aromatic heterocycles. The molecule has 1 aliphatic heterocycles. The van der Waals surface area contributed by atoms with Gasteiger partial charge in [-0.3, -0.25) is 9.59 Å². The predicted octanol–water partition coefficient (Wildman–Crippen LogP) is 3.53. The van der Waals surface area contributed by atoms with E-state index >= 15 is 0 Å². The highest BCUT2D eigenvalue weighted by molar-refractivity contribution is 7.90. The second kappa shape index (κ2) is 7.10. The Hall–Kier alpha value is -2.59. The highest BCUT2D eigenvalue weighted by atomic mass is 35.5. The van der Waals surface area contributed by atoms with E-state index < -0.39 is 46.5 Å². The summed E-state index contributed by atoms with van der Waals surface area (Å²) < 4.78 is 63.7. The number of amides is 2. The van der Waals surface area contributed by atoms with Gasteiger partial charge in [0.2, 0.25) is 5.91 Å². The Morgan fingerprint density at radius 1 is 1.14 bits per heavy atom. The summed E-state index contributed by atoms with van der Waals surface area (Å²) in [5, 5.41) is 2.09. The molecule has 1 heterocycles. The van der Waals surface area contributed by atoms with Crippen molar-refractivity contribution in [1.82, 2.24) is 4.31 Å². The lowest BCUT2D eigenvalue weighted by molar-refractivity contribution is -0.137. The molecule has 1 N–H and O–H groups in total. The summed E-state index contributed by atoms with van der Waals surface area (Å²) in [7, 11) is -4.07. The third-order valence-electron chi connectivity index (χ3n) is 4.02. The molecule has 0 saturated carbocycles. The molecule has 0 aliphatic carbocycles. The van der Waals surface area contributed by atoms with Gasteiger partial charge in [-0.05, 0) is 30.3 Å². The van der Waals surface area contributed by atoms with E-state index in [0.29, 0.717) is 10.4 Å². The maximum absolute atomic E-state index is 12.8. The maximum atomic E-state index is 12.8. The summed E-state index contributed by atoms with van der Waals surface area (Å²) in [5.74, 6) is -1.55. The van der Waals surface area contributed by atoms with Crippen molar-refractivity contribution in [1.29, 1.82) is 0 Å². The standard InChI is InChI=1S/C17H12ClF3N2O4S/c18-12-6-5-10(17(19,20)21)9-13(12)22-15(24)7-8-23-16(25)11-3-1-2-4-14(11)28(23,26)27/h1-6,9H,7-8H2,(H,22,24). The maximum Gasteiger partial charge on any atom is 0.416 e. The van der Waals surface area contributed by atoms with E-state index in [1.807, 2.05) is 0 Å². The Morgan fingerprint density at radius 2 is 1.82 bits per heavy atom. The van der Waals surface area contributed by atoms with Gasteiger partial charge in [-0.15, -0.1) is 0 Å². The summed E-state index contributed by atoms with van der Waals surface area (Å²) in [6.45, 7) is -0.460. The minimum Gasteiger partial charge on any atom is -0.325 e. The van der Waals surface area contributed by atoms with Gasteiger partial charge in [0.15, 0.2) is 0 Å². The summed E-state index contributed by atoms with van der Waals surface area (Å²) in [6, 6.07) is 8.06. The number of hydrogen-bond donors (Lipinski definition) is 1. The number of benzene rings is 2. The summed E-state index contributed by atoms with van der Waals surface area (Å²) >= 11 is 5.80. The largest absolute Gasteiger partial charge is 0.416 e. The van der Waals surface area contributed by atoms with E-state index in [4.69, 9.17) is 11.6 Å². The van der Waals surface area contributed by atoms with E-state index in [2.05, 4.69) is 5.32 Å². The number of sulfonamides is 1. The van der Waals surface area contributed by atoms with Crippen LogP contribution in [-0.4, -0.2) is 31.1 Å². The average molecular weight is 433 g/mol. The van der Waals surface area contributed by atoms with E-state index in [0.717, 1.165) is 12.1 Å². The van der Waals surface area contributed by atoms with Gasteiger partial charge in [0.25, 0.3) is 15.9 Å². The third kappa shape index (κ3) is 3.69. The van der Waals surface area contributed by atoms with Crippen LogP contribution in [0, 0.1) is 0 Å². The van der Waals surface area contributed by atoms with Crippen molar-refractivity contribution in [3.63, 3.8) is 0 Å². The Labute approximate surface area is 163 Å². The minimum atomic E-state index is -4.62. The first-order chi connectivity index (χ1) is 13.0. The number of rotatable bonds is 4. The molecule has 0 radical (unpaired) electrons. The predicted molar refractivity (Wildman–Crippen MR) is 94.4 cm³/mol. The lowest BCUT2D eigenvalue weighted by atomic mass is 10.2. The number of carbonyl (C=O) groups excluding carboxylic acids is 2. The molecule has 1 aliphatic rings. The van der Waals surface area contributed by atoms with Gasteiger partial charge in [-0.1, -0.05) is 23.7 Å². The molecule has 3 rings (SSSR count). The molecule has 0 saturated heterocycles. The molecule has 6 nitrogen and oxygen atoms in total. The number of carbonyl (C=O) groups is 2. The zero-order valence-electron chi connectivity index (χ0n) is 14.0. The van der Waals surface area contributed by atoms with Gasteiger partial charge in [-0.25, -0.2) is 12.7 Å². The normalized spacial score (nSPS) is 15.4. The average Bonchev–Trinajstić information content (AvgIpc) is 2.81. The topological polar surface area (TPSA) is 83.6 Å². The Bertz CT molecular complexity index is 1070. The Morgan fingerprint density at radius 3 is 2.46 bits per heavy atom. The van der Waals surface area contributed by atoms with Crippen molar-refractivity contribution < 1.29 is 31.2 Å². The van der Waals surface area contributed by atoms with Crippen LogP contribution in [0.4, 0.5) is 18.9 Å². The monoisotopic (exact) mass is 432 g/mol. The molecule has 0 fully saturated rings. The molecule has 11 heteroatoms. The minimum absolute atomic E-state index is 0.00355. The fourth-order valence-corrected chi connectivity index (χ4v) is 4.40. The summed E-state index contributed by atoms with van der Waals surface area (Å²) in [4.78, 5) is 24.2. The molecule has 0 atom stereocenters. The molecular formula is C17H12ClF3N2O4S. The van der Waals surface area contributed by atoms with Gasteiger partial charge in [0.05, 0.1) is 21.8 Å². The van der Waals surface area contributed by atoms with Crippen LogP contribution in [0.2, 0.25) is 5.02 Å². The number of nitrogens with zero attached hydrogens (tertiary/aromatic N) is 1. The number of anilines is 1. The van der Waals surface area contributed by atoms with Crippen molar-refractivity contribution in [2.24, 2.45) is 0 Å². The third-order valence-corrected chi connectivity index (χ3v) is 6.19. The van der Waals surface area contributed by atoms with E-state index in [9.17, 15) is 31.2 Å². The van der Waals surface area contributed by atoms with Crippen LogP contribution in [-0.2, 0) is 21.0 Å². The van der Waals surface area contributed by atoms with Crippen molar-refractivity contribution in [3.8, 4) is 0 Å². The van der Waals surface area contributed by atoms with E-state index in [1.54, 1.807) is 0 Å². The fraction of sp³-hybridized carbons (Fsp3) is 0.176. The van der Waals surface area contributed by atoms with Crippen molar-refractivity contribution in [3.05, 3.63) is 58.6 Å². The zero-order chi connectivity index (χ0) is 20.7.